The zero-order valence-corrected chi connectivity index (χ0v) is 36.4. The van der Waals surface area contributed by atoms with Gasteiger partial charge in [0, 0.05) is 38.8 Å². The molecule has 2 heteroatoms. The second-order valence-electron chi connectivity index (χ2n) is 17.7. The molecule has 0 unspecified atom stereocenters. The van der Waals surface area contributed by atoms with Gasteiger partial charge in [0.15, 0.2) is 0 Å². The van der Waals surface area contributed by atoms with Gasteiger partial charge in [-0.2, -0.15) is 0 Å². The number of anilines is 3. The van der Waals surface area contributed by atoms with Crippen molar-refractivity contribution in [1.29, 1.82) is 0 Å². The first-order valence-electron chi connectivity index (χ1n) is 22.5. The van der Waals surface area contributed by atoms with Gasteiger partial charge >= 0.3 is 0 Å². The van der Waals surface area contributed by atoms with Crippen molar-refractivity contribution in [2.24, 2.45) is 0 Å². The second kappa shape index (κ2) is 15.6. The monoisotopic (exact) mass is 831 g/mol. The number of hydrogen-bond donors (Lipinski definition) is 0. The minimum atomic E-state index is -0.191. The van der Waals surface area contributed by atoms with Crippen LogP contribution in [0.2, 0.25) is 0 Å². The number of para-hydroxylation sites is 2. The molecule has 308 valence electrons. The van der Waals surface area contributed by atoms with E-state index >= 15 is 0 Å². The Kier molecular flexibility index (Phi) is 9.21. The van der Waals surface area contributed by atoms with E-state index in [1.165, 1.54) is 55.6 Å². The van der Waals surface area contributed by atoms with E-state index in [1.807, 2.05) is 12.1 Å². The Bertz CT molecular complexity index is 3530. The molecule has 0 radical (unpaired) electrons. The van der Waals surface area contributed by atoms with Crippen molar-refractivity contribution in [1.82, 2.24) is 0 Å². The highest BCUT2D eigenvalue weighted by molar-refractivity contribution is 6.09. The molecule has 10 aromatic carbocycles. The fourth-order valence-corrected chi connectivity index (χ4v) is 10.1. The molecular weight excluding hydrogens is 787 g/mol. The lowest BCUT2D eigenvalue weighted by Crippen LogP contribution is -2.16. The van der Waals surface area contributed by atoms with Crippen LogP contribution in [-0.2, 0) is 5.41 Å². The van der Waals surface area contributed by atoms with Crippen LogP contribution in [0.25, 0.3) is 88.7 Å². The van der Waals surface area contributed by atoms with Crippen LogP contribution < -0.4 is 4.90 Å². The Morgan fingerprint density at radius 1 is 0.308 bits per heavy atom. The van der Waals surface area contributed by atoms with Crippen LogP contribution in [0.4, 0.5) is 17.1 Å². The van der Waals surface area contributed by atoms with Crippen LogP contribution in [0, 0.1) is 0 Å². The topological polar surface area (TPSA) is 16.4 Å². The lowest BCUT2D eigenvalue weighted by molar-refractivity contribution is 0.660. The van der Waals surface area contributed by atoms with Crippen molar-refractivity contribution >= 4 is 39.0 Å². The molecule has 2 nitrogen and oxygen atoms in total. The van der Waals surface area contributed by atoms with E-state index in [0.29, 0.717) is 0 Å². The average Bonchev–Trinajstić information content (AvgIpc) is 3.86. The van der Waals surface area contributed by atoms with Crippen LogP contribution in [0.3, 0.4) is 0 Å². The quantitative estimate of drug-likeness (QED) is 0.152. The molecule has 0 bridgehead atoms. The van der Waals surface area contributed by atoms with Gasteiger partial charge in [0.2, 0.25) is 0 Å². The Hall–Kier alpha value is -8.20. The number of nitrogens with zero attached hydrogens (tertiary/aromatic N) is 1. The van der Waals surface area contributed by atoms with E-state index in [4.69, 9.17) is 4.42 Å². The second-order valence-corrected chi connectivity index (χ2v) is 17.7. The molecule has 0 fully saturated rings. The van der Waals surface area contributed by atoms with Crippen LogP contribution in [-0.4, -0.2) is 0 Å². The van der Waals surface area contributed by atoms with E-state index in [1.54, 1.807) is 0 Å². The van der Waals surface area contributed by atoms with E-state index in [2.05, 4.69) is 243 Å². The number of hydrogen-bond acceptors (Lipinski definition) is 2. The van der Waals surface area contributed by atoms with Crippen LogP contribution in [0.5, 0.6) is 0 Å². The molecule has 0 aliphatic heterocycles. The predicted octanol–water partition coefficient (Wildman–Crippen LogP) is 17.7. The van der Waals surface area contributed by atoms with Gasteiger partial charge in [-0.05, 0) is 121 Å². The summed E-state index contributed by atoms with van der Waals surface area (Å²) in [4.78, 5) is 2.41. The van der Waals surface area contributed by atoms with E-state index in [-0.39, 0.29) is 5.41 Å². The van der Waals surface area contributed by atoms with Crippen LogP contribution in [0.1, 0.15) is 25.0 Å². The van der Waals surface area contributed by atoms with E-state index in [0.717, 1.165) is 61.3 Å². The molecule has 0 saturated heterocycles. The molecule has 1 aromatic heterocycles. The highest BCUT2D eigenvalue weighted by Crippen LogP contribution is 2.52. The predicted molar refractivity (Wildman–Crippen MR) is 273 cm³/mol. The zero-order chi connectivity index (χ0) is 43.5. The highest BCUT2D eigenvalue weighted by Gasteiger charge is 2.36. The molecule has 12 rings (SSSR count). The average molecular weight is 832 g/mol. The molecule has 0 amide bonds. The third kappa shape index (κ3) is 6.74. The SMILES string of the molecule is CC1(C)c2cc(-c3ccccc3)ccc2-c2ccc(N(c3ccc(-c4ccc(-c5ccccc5)cc4)cc3)c3cccc(-c4ccc(-c5cccc6c5oc5ccccc56)cc4)c3)cc21. The molecular formula is C63H45NO. The summed E-state index contributed by atoms with van der Waals surface area (Å²) in [5.74, 6) is 0. The van der Waals surface area contributed by atoms with Gasteiger partial charge < -0.3 is 9.32 Å². The summed E-state index contributed by atoms with van der Waals surface area (Å²) in [6.07, 6.45) is 0. The van der Waals surface area contributed by atoms with Crippen molar-refractivity contribution in [3.63, 3.8) is 0 Å². The van der Waals surface area contributed by atoms with Gasteiger partial charge in [-0.15, -0.1) is 0 Å². The maximum absolute atomic E-state index is 6.41. The van der Waals surface area contributed by atoms with E-state index < -0.39 is 0 Å². The molecule has 65 heavy (non-hydrogen) atoms. The van der Waals surface area contributed by atoms with Gasteiger partial charge in [-0.25, -0.2) is 0 Å². The largest absolute Gasteiger partial charge is 0.455 e. The van der Waals surface area contributed by atoms with Crippen molar-refractivity contribution < 1.29 is 4.42 Å². The molecule has 0 spiro atoms. The normalized spacial score (nSPS) is 12.6. The third-order valence-corrected chi connectivity index (χ3v) is 13.5. The summed E-state index contributed by atoms with van der Waals surface area (Å²) in [6.45, 7) is 4.74. The van der Waals surface area contributed by atoms with Crippen molar-refractivity contribution in [3.8, 4) is 66.8 Å². The van der Waals surface area contributed by atoms with Gasteiger partial charge in [-0.1, -0.05) is 202 Å². The number of furan rings is 1. The smallest absolute Gasteiger partial charge is 0.143 e. The summed E-state index contributed by atoms with van der Waals surface area (Å²) >= 11 is 0. The van der Waals surface area contributed by atoms with Crippen LogP contribution >= 0.6 is 0 Å². The minimum Gasteiger partial charge on any atom is -0.455 e. The van der Waals surface area contributed by atoms with Gasteiger partial charge in [-0.3, -0.25) is 0 Å². The standard InChI is InChI=1S/C63H45NO/c1-63(2)59-40-50(43-15-7-4-8-16-43)33-37-55(59)56-38-36-53(41-60(56)63)64(51-34-31-46(32-35-51)45-25-23-44(24-26-45)42-13-5-3-6-14-42)52-18-11-17-49(39-52)47-27-29-48(30-28-47)54-20-12-21-58-57-19-9-10-22-61(57)65-62(54)58/h3-41H,1-2H3. The summed E-state index contributed by atoms with van der Waals surface area (Å²) in [7, 11) is 0. The van der Waals surface area contributed by atoms with Gasteiger partial charge in [0.25, 0.3) is 0 Å². The fraction of sp³-hybridized carbons (Fsp3) is 0.0476. The first kappa shape index (κ1) is 38.5. The lowest BCUT2D eigenvalue weighted by atomic mass is 9.81. The highest BCUT2D eigenvalue weighted by atomic mass is 16.3. The number of rotatable bonds is 8. The Labute approximate surface area is 380 Å². The molecule has 0 atom stereocenters. The van der Waals surface area contributed by atoms with Crippen LogP contribution in [0.15, 0.2) is 241 Å². The summed E-state index contributed by atoms with van der Waals surface area (Å²) in [5, 5.41) is 2.28. The van der Waals surface area contributed by atoms with E-state index in [9.17, 15) is 0 Å². The number of fused-ring (bicyclic) bond motifs is 6. The first-order valence-corrected chi connectivity index (χ1v) is 22.5. The summed E-state index contributed by atoms with van der Waals surface area (Å²) in [5.41, 5.74) is 22.1. The van der Waals surface area contributed by atoms with Crippen molar-refractivity contribution in [2.75, 3.05) is 4.90 Å². The minimum absolute atomic E-state index is 0.191. The molecule has 1 aliphatic carbocycles. The van der Waals surface area contributed by atoms with Gasteiger partial charge in [0.05, 0.1) is 0 Å². The fourth-order valence-electron chi connectivity index (χ4n) is 10.1. The van der Waals surface area contributed by atoms with Crippen molar-refractivity contribution in [3.05, 3.63) is 248 Å². The summed E-state index contributed by atoms with van der Waals surface area (Å²) < 4.78 is 6.41. The Balaban J connectivity index is 0.922. The Morgan fingerprint density at radius 3 is 1.45 bits per heavy atom. The number of benzene rings is 10. The lowest BCUT2D eigenvalue weighted by Gasteiger charge is -2.28. The van der Waals surface area contributed by atoms with Gasteiger partial charge in [0.1, 0.15) is 11.2 Å². The zero-order valence-electron chi connectivity index (χ0n) is 36.4. The third-order valence-electron chi connectivity index (χ3n) is 13.5. The maximum Gasteiger partial charge on any atom is 0.143 e. The first-order chi connectivity index (χ1) is 32.0. The molecule has 1 aliphatic rings. The maximum atomic E-state index is 6.41. The van der Waals surface area contributed by atoms with Crippen molar-refractivity contribution in [2.45, 2.75) is 19.3 Å². The Morgan fingerprint density at radius 2 is 0.754 bits per heavy atom. The summed E-state index contributed by atoms with van der Waals surface area (Å²) in [6, 6.07) is 85.8. The molecule has 1 heterocycles. The molecule has 11 aromatic rings. The molecule has 0 N–H and O–H groups in total. The molecule has 0 saturated carbocycles.